The Bertz CT molecular complexity index is 1290. The molecule has 3 aromatic carbocycles. The standard InChI is InChI=1S/C29H27BrN2O4/c1-3-8-23-15-22(16-25-28(33)32(29(34)31-25)18-20-9-6-5-7-10-20)17-26(35-4-2)27(23)36-19-21-11-13-24(30)14-12-21/h3,5-7,9-17H,1,4,8,18-19H2,2H3,(H,31,34)/b25-16-. The van der Waals surface area contributed by atoms with E-state index in [1.165, 1.54) is 4.90 Å². The number of rotatable bonds is 10. The van der Waals surface area contributed by atoms with Gasteiger partial charge in [0.05, 0.1) is 13.2 Å². The average molecular weight is 547 g/mol. The Hall–Kier alpha value is -3.84. The van der Waals surface area contributed by atoms with Crippen LogP contribution in [-0.4, -0.2) is 23.4 Å². The van der Waals surface area contributed by atoms with Crippen molar-refractivity contribution < 1.29 is 19.1 Å². The first-order chi connectivity index (χ1) is 17.5. The van der Waals surface area contributed by atoms with Crippen molar-refractivity contribution in [2.75, 3.05) is 6.61 Å². The highest BCUT2D eigenvalue weighted by molar-refractivity contribution is 9.10. The second kappa shape index (κ2) is 11.7. The third-order valence-electron chi connectivity index (χ3n) is 5.57. The van der Waals surface area contributed by atoms with Crippen LogP contribution in [0.1, 0.15) is 29.2 Å². The first kappa shape index (κ1) is 25.3. The Labute approximate surface area is 219 Å². The lowest BCUT2D eigenvalue weighted by Crippen LogP contribution is -2.30. The van der Waals surface area contributed by atoms with Crippen molar-refractivity contribution in [1.29, 1.82) is 0 Å². The summed E-state index contributed by atoms with van der Waals surface area (Å²) in [5, 5.41) is 2.69. The van der Waals surface area contributed by atoms with E-state index in [0.717, 1.165) is 26.7 Å². The average Bonchev–Trinajstić information content (AvgIpc) is 3.13. The van der Waals surface area contributed by atoms with Crippen LogP contribution in [-0.2, 0) is 24.4 Å². The fourth-order valence-electron chi connectivity index (χ4n) is 3.88. The number of nitrogens with zero attached hydrogens (tertiary/aromatic N) is 1. The molecule has 0 spiro atoms. The summed E-state index contributed by atoms with van der Waals surface area (Å²) in [6.07, 6.45) is 4.00. The van der Waals surface area contributed by atoms with Gasteiger partial charge in [-0.2, -0.15) is 0 Å². The molecule has 6 nitrogen and oxygen atoms in total. The molecule has 0 atom stereocenters. The lowest BCUT2D eigenvalue weighted by Gasteiger charge is -2.17. The van der Waals surface area contributed by atoms with Gasteiger partial charge in [-0.05, 0) is 60.4 Å². The summed E-state index contributed by atoms with van der Waals surface area (Å²) in [6.45, 7) is 6.80. The molecule has 1 saturated heterocycles. The minimum absolute atomic E-state index is 0.206. The van der Waals surface area contributed by atoms with E-state index in [4.69, 9.17) is 9.47 Å². The van der Waals surface area contributed by atoms with Crippen LogP contribution < -0.4 is 14.8 Å². The second-order valence-electron chi connectivity index (χ2n) is 8.21. The summed E-state index contributed by atoms with van der Waals surface area (Å²) < 4.78 is 13.1. The molecule has 36 heavy (non-hydrogen) atoms. The van der Waals surface area contributed by atoms with E-state index in [9.17, 15) is 9.59 Å². The van der Waals surface area contributed by atoms with Crippen molar-refractivity contribution in [1.82, 2.24) is 10.2 Å². The van der Waals surface area contributed by atoms with Crippen LogP contribution in [0.3, 0.4) is 0 Å². The largest absolute Gasteiger partial charge is 0.490 e. The monoisotopic (exact) mass is 546 g/mol. The number of ether oxygens (including phenoxy) is 2. The van der Waals surface area contributed by atoms with Gasteiger partial charge in [0.15, 0.2) is 11.5 Å². The van der Waals surface area contributed by atoms with Gasteiger partial charge in [-0.25, -0.2) is 4.79 Å². The first-order valence-corrected chi connectivity index (χ1v) is 12.4. The van der Waals surface area contributed by atoms with E-state index >= 15 is 0 Å². The number of nitrogens with one attached hydrogen (secondary N) is 1. The molecule has 1 heterocycles. The molecule has 1 fully saturated rings. The molecule has 0 bridgehead atoms. The minimum Gasteiger partial charge on any atom is -0.490 e. The zero-order chi connectivity index (χ0) is 25.5. The van der Waals surface area contributed by atoms with E-state index < -0.39 is 6.03 Å². The van der Waals surface area contributed by atoms with E-state index in [1.54, 1.807) is 12.2 Å². The van der Waals surface area contributed by atoms with Crippen LogP contribution in [0.5, 0.6) is 11.5 Å². The van der Waals surface area contributed by atoms with E-state index in [2.05, 4.69) is 27.8 Å². The number of carbonyl (C=O) groups excluding carboxylic acids is 2. The molecular weight excluding hydrogens is 520 g/mol. The van der Waals surface area contributed by atoms with Gasteiger partial charge in [0, 0.05) is 10.0 Å². The number of allylic oxidation sites excluding steroid dienone is 1. The molecule has 184 valence electrons. The normalized spacial score (nSPS) is 14.2. The van der Waals surface area contributed by atoms with Crippen LogP contribution in [0, 0.1) is 0 Å². The molecule has 0 aromatic heterocycles. The minimum atomic E-state index is -0.444. The van der Waals surface area contributed by atoms with Gasteiger partial charge < -0.3 is 14.8 Å². The summed E-state index contributed by atoms with van der Waals surface area (Å²) in [4.78, 5) is 26.7. The summed E-state index contributed by atoms with van der Waals surface area (Å²) >= 11 is 3.45. The lowest BCUT2D eigenvalue weighted by molar-refractivity contribution is -0.123. The van der Waals surface area contributed by atoms with Crippen LogP contribution in [0.2, 0.25) is 0 Å². The maximum Gasteiger partial charge on any atom is 0.329 e. The summed E-state index contributed by atoms with van der Waals surface area (Å²) in [7, 11) is 0. The second-order valence-corrected chi connectivity index (χ2v) is 9.13. The molecule has 3 amide bonds. The summed E-state index contributed by atoms with van der Waals surface area (Å²) in [5.41, 5.74) is 3.70. The summed E-state index contributed by atoms with van der Waals surface area (Å²) in [6, 6.07) is 20.6. The molecule has 1 aliphatic rings. The first-order valence-electron chi connectivity index (χ1n) is 11.6. The van der Waals surface area contributed by atoms with E-state index in [-0.39, 0.29) is 18.1 Å². The van der Waals surface area contributed by atoms with Gasteiger partial charge in [0.1, 0.15) is 12.3 Å². The molecular formula is C29H27BrN2O4. The Morgan fingerprint density at radius 1 is 1.00 bits per heavy atom. The van der Waals surface area contributed by atoms with Crippen molar-refractivity contribution >= 4 is 33.9 Å². The number of imide groups is 1. The van der Waals surface area contributed by atoms with Crippen LogP contribution >= 0.6 is 15.9 Å². The quantitative estimate of drug-likeness (QED) is 0.185. The Morgan fingerprint density at radius 3 is 2.44 bits per heavy atom. The van der Waals surface area contributed by atoms with Crippen molar-refractivity contribution in [3.05, 3.63) is 112 Å². The van der Waals surface area contributed by atoms with Crippen LogP contribution in [0.15, 0.2) is 89.6 Å². The molecule has 1 N–H and O–H groups in total. The van der Waals surface area contributed by atoms with Gasteiger partial charge in [-0.3, -0.25) is 9.69 Å². The number of halogens is 1. The Balaban J connectivity index is 1.61. The van der Waals surface area contributed by atoms with Gasteiger partial charge in [-0.15, -0.1) is 6.58 Å². The maximum atomic E-state index is 13.0. The van der Waals surface area contributed by atoms with Gasteiger partial charge in [-0.1, -0.05) is 64.5 Å². The molecule has 1 aliphatic heterocycles. The van der Waals surface area contributed by atoms with E-state index in [0.29, 0.717) is 31.1 Å². The number of hydrogen-bond acceptors (Lipinski definition) is 4. The number of urea groups is 1. The lowest BCUT2D eigenvalue weighted by atomic mass is 10.0. The highest BCUT2D eigenvalue weighted by Gasteiger charge is 2.33. The van der Waals surface area contributed by atoms with Gasteiger partial charge >= 0.3 is 6.03 Å². The smallest absolute Gasteiger partial charge is 0.329 e. The van der Waals surface area contributed by atoms with Crippen molar-refractivity contribution in [2.24, 2.45) is 0 Å². The number of carbonyl (C=O) groups is 2. The molecule has 3 aromatic rings. The maximum absolute atomic E-state index is 13.0. The van der Waals surface area contributed by atoms with Gasteiger partial charge in [0.25, 0.3) is 5.91 Å². The van der Waals surface area contributed by atoms with Gasteiger partial charge in [0.2, 0.25) is 0 Å². The summed E-state index contributed by atoms with van der Waals surface area (Å²) in [5.74, 6) is 0.829. The Kier molecular flexibility index (Phi) is 8.23. The number of amides is 3. The van der Waals surface area contributed by atoms with E-state index in [1.807, 2.05) is 73.7 Å². The number of benzene rings is 3. The van der Waals surface area contributed by atoms with Crippen molar-refractivity contribution in [3.63, 3.8) is 0 Å². The fraction of sp³-hybridized carbons (Fsp3) is 0.172. The topological polar surface area (TPSA) is 67.9 Å². The van der Waals surface area contributed by atoms with Crippen LogP contribution in [0.4, 0.5) is 4.79 Å². The highest BCUT2D eigenvalue weighted by Crippen LogP contribution is 2.35. The molecule has 0 radical (unpaired) electrons. The highest BCUT2D eigenvalue weighted by atomic mass is 79.9. The Morgan fingerprint density at radius 2 is 1.75 bits per heavy atom. The predicted octanol–water partition coefficient (Wildman–Crippen LogP) is 6.25. The molecule has 0 unspecified atom stereocenters. The molecule has 0 aliphatic carbocycles. The number of hydrogen-bond donors (Lipinski definition) is 1. The van der Waals surface area contributed by atoms with Crippen molar-refractivity contribution in [2.45, 2.75) is 26.5 Å². The zero-order valence-electron chi connectivity index (χ0n) is 20.0. The third-order valence-corrected chi connectivity index (χ3v) is 6.10. The zero-order valence-corrected chi connectivity index (χ0v) is 21.6. The van der Waals surface area contributed by atoms with Crippen LogP contribution in [0.25, 0.3) is 6.08 Å². The third kappa shape index (κ3) is 6.04. The predicted molar refractivity (Wildman–Crippen MR) is 143 cm³/mol. The molecule has 4 rings (SSSR count). The fourth-order valence-corrected chi connectivity index (χ4v) is 4.15. The SMILES string of the molecule is C=CCc1cc(/C=C2\NC(=O)N(Cc3ccccc3)C2=O)cc(OCC)c1OCc1ccc(Br)cc1. The molecule has 7 heteroatoms. The van der Waals surface area contributed by atoms with Crippen molar-refractivity contribution in [3.8, 4) is 11.5 Å². The molecule has 0 saturated carbocycles.